The van der Waals surface area contributed by atoms with E-state index in [9.17, 15) is 14.4 Å². The summed E-state index contributed by atoms with van der Waals surface area (Å²) < 4.78 is 5.58. The number of alkyl carbamates (subject to hydrolysis) is 1. The Bertz CT molecular complexity index is 962. The van der Waals surface area contributed by atoms with Crippen LogP contribution in [0, 0.1) is 0 Å². The highest BCUT2D eigenvalue weighted by molar-refractivity contribution is 5.86. The number of hydrogen-bond donors (Lipinski definition) is 3. The van der Waals surface area contributed by atoms with Crippen molar-refractivity contribution in [1.29, 1.82) is 0 Å². The number of aliphatic carboxylic acids is 1. The highest BCUT2D eigenvalue weighted by Crippen LogP contribution is 2.44. The first-order valence-electron chi connectivity index (χ1n) is 11.6. The minimum Gasteiger partial charge on any atom is -0.481 e. The Kier molecular flexibility index (Phi) is 9.04. The van der Waals surface area contributed by atoms with Crippen molar-refractivity contribution >= 4 is 18.0 Å². The Morgan fingerprint density at radius 1 is 0.971 bits per heavy atom. The fourth-order valence-corrected chi connectivity index (χ4v) is 4.25. The van der Waals surface area contributed by atoms with Gasteiger partial charge in [-0.05, 0) is 49.2 Å². The van der Waals surface area contributed by atoms with Crippen molar-refractivity contribution < 1.29 is 24.2 Å². The Balaban J connectivity index is 1.53. The summed E-state index contributed by atoms with van der Waals surface area (Å²) in [7, 11) is 3.65. The second kappa shape index (κ2) is 12.2. The van der Waals surface area contributed by atoms with Crippen LogP contribution < -0.4 is 10.6 Å². The van der Waals surface area contributed by atoms with E-state index in [-0.39, 0.29) is 24.9 Å². The summed E-state index contributed by atoms with van der Waals surface area (Å²) in [6.45, 7) is 0.934. The smallest absolute Gasteiger partial charge is 0.407 e. The summed E-state index contributed by atoms with van der Waals surface area (Å²) in [5, 5.41) is 14.2. The molecule has 8 heteroatoms. The van der Waals surface area contributed by atoms with E-state index >= 15 is 0 Å². The van der Waals surface area contributed by atoms with Crippen LogP contribution in [0.2, 0.25) is 0 Å². The van der Waals surface area contributed by atoms with Crippen molar-refractivity contribution in [3.05, 3.63) is 59.7 Å². The average Bonchev–Trinajstić information content (AvgIpc) is 3.12. The number of unbranched alkanes of at least 4 members (excludes halogenated alkanes) is 2. The minimum atomic E-state index is -0.817. The fourth-order valence-electron chi connectivity index (χ4n) is 4.25. The van der Waals surface area contributed by atoms with E-state index in [1.165, 1.54) is 0 Å². The predicted octanol–water partition coefficient (Wildman–Crippen LogP) is 3.22. The molecule has 3 rings (SSSR count). The molecule has 3 N–H and O–H groups in total. The second-order valence-corrected chi connectivity index (χ2v) is 8.78. The van der Waals surface area contributed by atoms with E-state index in [4.69, 9.17) is 9.84 Å². The Morgan fingerprint density at radius 3 is 2.18 bits per heavy atom. The van der Waals surface area contributed by atoms with Gasteiger partial charge in [-0.1, -0.05) is 55.0 Å². The number of carbonyl (C=O) groups excluding carboxylic acids is 2. The first-order chi connectivity index (χ1) is 16.4. The van der Waals surface area contributed by atoms with E-state index in [2.05, 4.69) is 34.9 Å². The number of carboxylic acid groups (broad SMARTS) is 1. The standard InChI is InChI=1S/C26H33N3O5/c1-29(2)16-23(25(32)27-15-9-3-4-14-24(30)31)28-26(33)34-17-22-20-12-7-5-10-18(20)19-11-6-8-13-21(19)22/h5-8,10-13,22-23H,3-4,9,14-17H2,1-2H3,(H,27,32)(H,28,33)(H,30,31)/t23-/m0/s1. The van der Waals surface area contributed by atoms with Gasteiger partial charge < -0.3 is 25.4 Å². The third kappa shape index (κ3) is 6.81. The number of amides is 2. The van der Waals surface area contributed by atoms with Gasteiger partial charge in [-0.3, -0.25) is 9.59 Å². The number of hydrogen-bond acceptors (Lipinski definition) is 5. The Hall–Kier alpha value is -3.39. The van der Waals surface area contributed by atoms with Crippen LogP contribution in [0.25, 0.3) is 11.1 Å². The molecule has 2 aromatic rings. The molecule has 1 aliphatic carbocycles. The number of nitrogens with zero attached hydrogens (tertiary/aromatic N) is 1. The first-order valence-corrected chi connectivity index (χ1v) is 11.6. The zero-order valence-electron chi connectivity index (χ0n) is 19.8. The maximum atomic E-state index is 12.6. The van der Waals surface area contributed by atoms with Gasteiger partial charge in [0.25, 0.3) is 0 Å². The van der Waals surface area contributed by atoms with Crippen LogP contribution in [-0.4, -0.2) is 67.8 Å². The number of carbonyl (C=O) groups is 3. The molecule has 0 saturated carbocycles. The van der Waals surface area contributed by atoms with Gasteiger partial charge in [0, 0.05) is 25.4 Å². The van der Waals surface area contributed by atoms with Crippen LogP contribution in [0.15, 0.2) is 48.5 Å². The minimum absolute atomic E-state index is 0.0509. The third-order valence-electron chi connectivity index (χ3n) is 5.87. The number of rotatable bonds is 12. The topological polar surface area (TPSA) is 108 Å². The lowest BCUT2D eigenvalue weighted by molar-refractivity contribution is -0.137. The van der Waals surface area contributed by atoms with Crippen molar-refractivity contribution in [2.75, 3.05) is 33.8 Å². The van der Waals surface area contributed by atoms with E-state index in [1.807, 2.05) is 43.3 Å². The summed E-state index contributed by atoms with van der Waals surface area (Å²) >= 11 is 0. The molecule has 0 radical (unpaired) electrons. The Labute approximate surface area is 200 Å². The zero-order valence-corrected chi connectivity index (χ0v) is 19.8. The molecular weight excluding hydrogens is 434 g/mol. The van der Waals surface area contributed by atoms with Crippen LogP contribution >= 0.6 is 0 Å². The van der Waals surface area contributed by atoms with Gasteiger partial charge in [0.15, 0.2) is 0 Å². The second-order valence-electron chi connectivity index (χ2n) is 8.78. The van der Waals surface area contributed by atoms with Crippen LogP contribution in [0.3, 0.4) is 0 Å². The molecule has 182 valence electrons. The number of ether oxygens (including phenoxy) is 1. The molecule has 0 saturated heterocycles. The SMILES string of the molecule is CN(C)C[C@H](NC(=O)OCC1c2ccccc2-c2ccccc21)C(=O)NCCCCCC(=O)O. The zero-order chi connectivity index (χ0) is 24.5. The maximum Gasteiger partial charge on any atom is 0.407 e. The monoisotopic (exact) mass is 467 g/mol. The van der Waals surface area contributed by atoms with Crippen molar-refractivity contribution in [3.63, 3.8) is 0 Å². The molecule has 34 heavy (non-hydrogen) atoms. The number of fused-ring (bicyclic) bond motifs is 3. The highest BCUT2D eigenvalue weighted by Gasteiger charge is 2.29. The number of benzene rings is 2. The summed E-state index contributed by atoms with van der Waals surface area (Å²) in [5.74, 6) is -1.16. The molecule has 1 atom stereocenters. The van der Waals surface area contributed by atoms with Gasteiger partial charge >= 0.3 is 12.1 Å². The molecule has 0 spiro atoms. The predicted molar refractivity (Wildman–Crippen MR) is 130 cm³/mol. The van der Waals surface area contributed by atoms with Gasteiger partial charge in [0.1, 0.15) is 12.6 Å². The van der Waals surface area contributed by atoms with Gasteiger partial charge in [-0.15, -0.1) is 0 Å². The molecular formula is C26H33N3O5. The molecule has 8 nitrogen and oxygen atoms in total. The van der Waals surface area contributed by atoms with Crippen molar-refractivity contribution in [3.8, 4) is 11.1 Å². The fraction of sp³-hybridized carbons (Fsp3) is 0.423. The van der Waals surface area contributed by atoms with Crippen LogP contribution in [0.5, 0.6) is 0 Å². The van der Waals surface area contributed by atoms with Gasteiger partial charge in [-0.2, -0.15) is 0 Å². The lowest BCUT2D eigenvalue weighted by atomic mass is 9.98. The molecule has 0 unspecified atom stereocenters. The molecule has 2 aromatic carbocycles. The summed E-state index contributed by atoms with van der Waals surface area (Å²) in [5.41, 5.74) is 4.56. The molecule has 0 aromatic heterocycles. The van der Waals surface area contributed by atoms with E-state index < -0.39 is 18.1 Å². The summed E-state index contributed by atoms with van der Waals surface area (Å²) in [4.78, 5) is 37.6. The maximum absolute atomic E-state index is 12.6. The summed E-state index contributed by atoms with van der Waals surface area (Å²) in [6.07, 6.45) is 1.46. The lowest BCUT2D eigenvalue weighted by Crippen LogP contribution is -2.52. The van der Waals surface area contributed by atoms with Crippen LogP contribution in [0.1, 0.15) is 42.7 Å². The molecule has 0 aliphatic heterocycles. The number of carboxylic acids is 1. The third-order valence-corrected chi connectivity index (χ3v) is 5.87. The van der Waals surface area contributed by atoms with Crippen molar-refractivity contribution in [2.45, 2.75) is 37.6 Å². The first kappa shape index (κ1) is 25.2. The molecule has 0 heterocycles. The summed E-state index contributed by atoms with van der Waals surface area (Å²) in [6, 6.07) is 15.5. The quantitative estimate of drug-likeness (QED) is 0.414. The molecule has 2 amide bonds. The van der Waals surface area contributed by atoms with Crippen LogP contribution in [-0.2, 0) is 14.3 Å². The molecule has 0 fully saturated rings. The van der Waals surface area contributed by atoms with Gasteiger partial charge in [0.2, 0.25) is 5.91 Å². The van der Waals surface area contributed by atoms with Crippen LogP contribution in [0.4, 0.5) is 4.79 Å². The van der Waals surface area contributed by atoms with E-state index in [0.29, 0.717) is 32.4 Å². The number of nitrogens with one attached hydrogen (secondary N) is 2. The van der Waals surface area contributed by atoms with E-state index in [1.54, 1.807) is 0 Å². The molecule has 0 bridgehead atoms. The largest absolute Gasteiger partial charge is 0.481 e. The van der Waals surface area contributed by atoms with E-state index in [0.717, 1.165) is 22.3 Å². The highest BCUT2D eigenvalue weighted by atomic mass is 16.5. The van der Waals surface area contributed by atoms with Crippen molar-refractivity contribution in [2.24, 2.45) is 0 Å². The number of likely N-dealkylation sites (N-methyl/N-ethyl adjacent to an activating group) is 1. The average molecular weight is 468 g/mol. The lowest BCUT2D eigenvalue weighted by Gasteiger charge is -2.22. The van der Waals surface area contributed by atoms with Gasteiger partial charge in [-0.25, -0.2) is 4.79 Å². The molecule has 1 aliphatic rings. The van der Waals surface area contributed by atoms with Crippen molar-refractivity contribution in [1.82, 2.24) is 15.5 Å². The van der Waals surface area contributed by atoms with Gasteiger partial charge in [0.05, 0.1) is 0 Å². The normalized spacial score (nSPS) is 13.1. The Morgan fingerprint density at radius 2 is 1.59 bits per heavy atom.